The van der Waals surface area contributed by atoms with Crippen molar-refractivity contribution in [3.63, 3.8) is 0 Å². The molecule has 7 nitrogen and oxygen atoms in total. The Balaban J connectivity index is 1.29. The van der Waals surface area contributed by atoms with Crippen LogP contribution in [0.2, 0.25) is 0 Å². The molecule has 2 aliphatic rings. The number of hydrogen-bond acceptors (Lipinski definition) is 6. The molecular formula is C22H29N5O2. The smallest absolute Gasteiger partial charge is 0.276 e. The Bertz CT molecular complexity index is 795. The molecule has 0 radical (unpaired) electrons. The molecule has 4 rings (SSSR count). The normalized spacial score (nSPS) is 19.9. The number of anilines is 3. The maximum atomic E-state index is 12.5. The molecule has 2 aliphatic heterocycles. The second kappa shape index (κ2) is 9.22. The number of benzene rings is 1. The predicted octanol–water partition coefficient (Wildman–Crippen LogP) is 3.56. The summed E-state index contributed by atoms with van der Waals surface area (Å²) in [5.74, 6) is 1.20. The molecule has 2 fully saturated rings. The van der Waals surface area contributed by atoms with Crippen LogP contribution in [0.3, 0.4) is 0 Å². The Hall–Kier alpha value is -2.67. The minimum Gasteiger partial charge on any atom is -0.376 e. The third-order valence-electron chi connectivity index (χ3n) is 5.71. The zero-order chi connectivity index (χ0) is 20.1. The van der Waals surface area contributed by atoms with E-state index in [-0.39, 0.29) is 12.0 Å². The van der Waals surface area contributed by atoms with E-state index in [0.29, 0.717) is 18.1 Å². The van der Waals surface area contributed by atoms with E-state index in [0.717, 1.165) is 44.1 Å². The molecule has 1 unspecified atom stereocenters. The van der Waals surface area contributed by atoms with E-state index < -0.39 is 0 Å². The summed E-state index contributed by atoms with van der Waals surface area (Å²) in [6.07, 6.45) is 4.87. The standard InChI is InChI=1S/C22H29N5O2/c1-16-10-12-27(13-11-16)18-6-4-17(5-7-18)24-22(28)20-8-9-21(26-25-20)23-15-19-3-2-14-29-19/h4-9,16,19H,2-3,10-15H2,1H3,(H,23,26)(H,24,28). The van der Waals surface area contributed by atoms with Gasteiger partial charge in [0.25, 0.3) is 5.91 Å². The van der Waals surface area contributed by atoms with Gasteiger partial charge in [-0.1, -0.05) is 6.92 Å². The van der Waals surface area contributed by atoms with Gasteiger partial charge in [-0.05, 0) is 68.0 Å². The minimum absolute atomic E-state index is 0.232. The Morgan fingerprint density at radius 3 is 2.55 bits per heavy atom. The van der Waals surface area contributed by atoms with E-state index in [1.165, 1.54) is 18.5 Å². The maximum Gasteiger partial charge on any atom is 0.276 e. The molecule has 0 spiro atoms. The van der Waals surface area contributed by atoms with Crippen LogP contribution >= 0.6 is 0 Å². The van der Waals surface area contributed by atoms with Crippen molar-refractivity contribution in [1.82, 2.24) is 10.2 Å². The zero-order valence-electron chi connectivity index (χ0n) is 16.9. The van der Waals surface area contributed by atoms with Gasteiger partial charge in [-0.3, -0.25) is 4.79 Å². The van der Waals surface area contributed by atoms with E-state index in [9.17, 15) is 4.79 Å². The minimum atomic E-state index is -0.261. The average Bonchev–Trinajstić information content (AvgIpc) is 3.27. The molecule has 0 aliphatic carbocycles. The van der Waals surface area contributed by atoms with Gasteiger partial charge in [0, 0.05) is 37.6 Å². The molecule has 2 saturated heterocycles. The summed E-state index contributed by atoms with van der Waals surface area (Å²) in [7, 11) is 0. The highest BCUT2D eigenvalue weighted by atomic mass is 16.5. The van der Waals surface area contributed by atoms with Crippen molar-refractivity contribution in [2.75, 3.05) is 41.8 Å². The lowest BCUT2D eigenvalue weighted by Gasteiger charge is -2.32. The van der Waals surface area contributed by atoms with Gasteiger partial charge in [-0.25, -0.2) is 0 Å². The summed E-state index contributed by atoms with van der Waals surface area (Å²) in [5, 5.41) is 14.2. The summed E-state index contributed by atoms with van der Waals surface area (Å²) in [6.45, 7) is 6.04. The lowest BCUT2D eigenvalue weighted by Crippen LogP contribution is -2.32. The number of hydrogen-bond donors (Lipinski definition) is 2. The van der Waals surface area contributed by atoms with Crippen LogP contribution in [-0.2, 0) is 4.74 Å². The van der Waals surface area contributed by atoms with Crippen LogP contribution in [-0.4, -0.2) is 48.4 Å². The second-order valence-corrected chi connectivity index (χ2v) is 7.99. The predicted molar refractivity (Wildman–Crippen MR) is 115 cm³/mol. The van der Waals surface area contributed by atoms with Gasteiger partial charge < -0.3 is 20.3 Å². The first-order valence-corrected chi connectivity index (χ1v) is 10.5. The highest BCUT2D eigenvalue weighted by Crippen LogP contribution is 2.24. The highest BCUT2D eigenvalue weighted by Gasteiger charge is 2.17. The van der Waals surface area contributed by atoms with Crippen LogP contribution < -0.4 is 15.5 Å². The van der Waals surface area contributed by atoms with Crippen molar-refractivity contribution < 1.29 is 9.53 Å². The van der Waals surface area contributed by atoms with Gasteiger partial charge in [0.15, 0.2) is 5.69 Å². The molecule has 1 aromatic heterocycles. The number of carbonyl (C=O) groups is 1. The van der Waals surface area contributed by atoms with Gasteiger partial charge in [0.2, 0.25) is 0 Å². The lowest BCUT2D eigenvalue weighted by molar-refractivity contribution is 0.102. The van der Waals surface area contributed by atoms with Gasteiger partial charge in [-0.2, -0.15) is 0 Å². The van der Waals surface area contributed by atoms with Crippen LogP contribution in [0.5, 0.6) is 0 Å². The number of rotatable bonds is 6. The van der Waals surface area contributed by atoms with Gasteiger partial charge in [-0.15, -0.1) is 10.2 Å². The quantitative estimate of drug-likeness (QED) is 0.779. The summed E-state index contributed by atoms with van der Waals surface area (Å²) >= 11 is 0. The van der Waals surface area contributed by atoms with Gasteiger partial charge in [0.05, 0.1) is 6.10 Å². The summed E-state index contributed by atoms with van der Waals surface area (Å²) < 4.78 is 5.58. The van der Waals surface area contributed by atoms with E-state index in [4.69, 9.17) is 4.74 Å². The molecule has 0 saturated carbocycles. The lowest BCUT2D eigenvalue weighted by atomic mass is 9.99. The van der Waals surface area contributed by atoms with Crippen molar-refractivity contribution in [3.05, 3.63) is 42.1 Å². The third-order valence-corrected chi connectivity index (χ3v) is 5.71. The number of aromatic nitrogens is 2. The third kappa shape index (κ3) is 5.23. The van der Waals surface area contributed by atoms with Crippen molar-refractivity contribution in [2.24, 2.45) is 5.92 Å². The largest absolute Gasteiger partial charge is 0.376 e. The fourth-order valence-corrected chi connectivity index (χ4v) is 3.79. The summed E-state index contributed by atoms with van der Waals surface area (Å²) in [4.78, 5) is 14.9. The van der Waals surface area contributed by atoms with Crippen LogP contribution in [0.4, 0.5) is 17.2 Å². The van der Waals surface area contributed by atoms with Gasteiger partial charge in [0.1, 0.15) is 5.82 Å². The van der Waals surface area contributed by atoms with Crippen molar-refractivity contribution in [1.29, 1.82) is 0 Å². The van der Waals surface area contributed by atoms with Crippen molar-refractivity contribution >= 4 is 23.1 Å². The summed E-state index contributed by atoms with van der Waals surface area (Å²) in [6, 6.07) is 11.5. The van der Waals surface area contributed by atoms with E-state index in [1.807, 2.05) is 12.1 Å². The maximum absolute atomic E-state index is 12.5. The fraction of sp³-hybridized carbons (Fsp3) is 0.500. The number of amides is 1. The van der Waals surface area contributed by atoms with E-state index in [2.05, 4.69) is 44.8 Å². The molecule has 1 atom stereocenters. The second-order valence-electron chi connectivity index (χ2n) is 7.99. The van der Waals surface area contributed by atoms with E-state index in [1.54, 1.807) is 12.1 Å². The topological polar surface area (TPSA) is 79.4 Å². The Labute approximate surface area is 171 Å². The molecule has 2 N–H and O–H groups in total. The number of nitrogens with one attached hydrogen (secondary N) is 2. The van der Waals surface area contributed by atoms with Crippen LogP contribution in [0.25, 0.3) is 0 Å². The van der Waals surface area contributed by atoms with Gasteiger partial charge >= 0.3 is 0 Å². The SMILES string of the molecule is CC1CCN(c2ccc(NC(=O)c3ccc(NCC4CCCO4)nn3)cc2)CC1. The van der Waals surface area contributed by atoms with Crippen molar-refractivity contribution in [2.45, 2.75) is 38.7 Å². The number of piperidine rings is 1. The first-order chi connectivity index (χ1) is 14.2. The molecule has 0 bridgehead atoms. The van der Waals surface area contributed by atoms with Crippen LogP contribution in [0, 0.1) is 5.92 Å². The first-order valence-electron chi connectivity index (χ1n) is 10.5. The first kappa shape index (κ1) is 19.6. The number of carbonyl (C=O) groups excluding carboxylic acids is 1. The fourth-order valence-electron chi connectivity index (χ4n) is 3.79. The highest BCUT2D eigenvalue weighted by molar-refractivity contribution is 6.02. The zero-order valence-corrected chi connectivity index (χ0v) is 16.9. The Kier molecular flexibility index (Phi) is 6.24. The van der Waals surface area contributed by atoms with Crippen LogP contribution in [0.15, 0.2) is 36.4 Å². The molecule has 2 aromatic rings. The average molecular weight is 396 g/mol. The van der Waals surface area contributed by atoms with Crippen LogP contribution in [0.1, 0.15) is 43.1 Å². The monoisotopic (exact) mass is 395 g/mol. The Morgan fingerprint density at radius 2 is 1.90 bits per heavy atom. The molecule has 7 heteroatoms. The summed E-state index contributed by atoms with van der Waals surface area (Å²) in [5.41, 5.74) is 2.25. The molecule has 3 heterocycles. The Morgan fingerprint density at radius 1 is 1.10 bits per heavy atom. The number of ether oxygens (including phenoxy) is 1. The van der Waals surface area contributed by atoms with Crippen molar-refractivity contribution in [3.8, 4) is 0 Å². The van der Waals surface area contributed by atoms with E-state index >= 15 is 0 Å². The molecule has 1 aromatic carbocycles. The molecule has 1 amide bonds. The molecule has 29 heavy (non-hydrogen) atoms. The molecular weight excluding hydrogens is 366 g/mol. The number of nitrogens with zero attached hydrogens (tertiary/aromatic N) is 3. The molecule has 154 valence electrons.